The molecule has 1 heterocycles. The van der Waals surface area contributed by atoms with Gasteiger partial charge in [-0.15, -0.1) is 23.7 Å². The fourth-order valence-electron chi connectivity index (χ4n) is 4.24. The minimum absolute atomic E-state index is 0. The van der Waals surface area contributed by atoms with Gasteiger partial charge in [-0.25, -0.2) is 0 Å². The summed E-state index contributed by atoms with van der Waals surface area (Å²) in [5.41, 5.74) is 1.11. The summed E-state index contributed by atoms with van der Waals surface area (Å²) in [6.07, 6.45) is 2.69. The number of aryl methyl sites for hydroxylation is 2. The maximum absolute atomic E-state index is 10.7. The zero-order valence-electron chi connectivity index (χ0n) is 15.5. The topological polar surface area (TPSA) is 61.7 Å². The summed E-state index contributed by atoms with van der Waals surface area (Å²) in [6.45, 7) is 2.83. The monoisotopic (exact) mass is 409 g/mol. The molecule has 4 rings (SSSR count). The Morgan fingerprint density at radius 1 is 1.15 bits per heavy atom. The van der Waals surface area contributed by atoms with Crippen LogP contribution in [0.2, 0.25) is 0 Å². The first-order chi connectivity index (χ1) is 12.6. The lowest BCUT2D eigenvalue weighted by molar-refractivity contribution is 0.0399. The first kappa shape index (κ1) is 20.6. The van der Waals surface area contributed by atoms with Crippen LogP contribution in [0.5, 0.6) is 5.75 Å². The van der Waals surface area contributed by atoms with Crippen molar-refractivity contribution in [2.45, 2.75) is 57.0 Å². The molecule has 5 atom stereocenters. The van der Waals surface area contributed by atoms with Gasteiger partial charge in [-0.05, 0) is 56.4 Å². The number of thiophene rings is 1. The molecule has 27 heavy (non-hydrogen) atoms. The molecule has 148 valence electrons. The van der Waals surface area contributed by atoms with Gasteiger partial charge in [0.2, 0.25) is 0 Å². The average Bonchev–Trinajstić information content (AvgIpc) is 3.19. The predicted molar refractivity (Wildman–Crippen MR) is 111 cm³/mol. The van der Waals surface area contributed by atoms with Gasteiger partial charge in [0.15, 0.2) is 0 Å². The molecule has 1 aromatic heterocycles. The molecule has 0 spiro atoms. The Bertz CT molecular complexity index is 738. The number of para-hydroxylation sites is 1. The molecule has 2 aliphatic rings. The van der Waals surface area contributed by atoms with Gasteiger partial charge in [-0.1, -0.05) is 18.2 Å². The molecule has 6 heteroatoms. The molecule has 0 aliphatic heterocycles. The first-order valence-corrected chi connectivity index (χ1v) is 10.3. The summed E-state index contributed by atoms with van der Waals surface area (Å²) in [7, 11) is 0. The summed E-state index contributed by atoms with van der Waals surface area (Å²) >= 11 is 1.80. The number of aliphatic hydroxyl groups is 2. The Morgan fingerprint density at radius 2 is 1.93 bits per heavy atom. The first-order valence-electron chi connectivity index (χ1n) is 9.52. The number of aliphatic hydroxyl groups excluding tert-OH is 2. The van der Waals surface area contributed by atoms with E-state index < -0.39 is 12.2 Å². The second-order valence-electron chi connectivity index (χ2n) is 7.53. The third kappa shape index (κ3) is 4.49. The molecule has 0 bridgehead atoms. The molecule has 0 radical (unpaired) electrons. The molecule has 3 N–H and O–H groups in total. The Hall–Kier alpha value is -1.11. The zero-order chi connectivity index (χ0) is 18.1. The van der Waals surface area contributed by atoms with E-state index in [9.17, 15) is 10.2 Å². The molecule has 1 saturated carbocycles. The number of benzene rings is 1. The van der Waals surface area contributed by atoms with E-state index in [-0.39, 0.29) is 30.5 Å². The lowest BCUT2D eigenvalue weighted by Gasteiger charge is -2.30. The second kappa shape index (κ2) is 8.93. The van der Waals surface area contributed by atoms with E-state index in [2.05, 4.69) is 18.3 Å². The van der Waals surface area contributed by atoms with Gasteiger partial charge in [0.1, 0.15) is 18.0 Å². The number of fused-ring (bicyclic) bond motifs is 1. The van der Waals surface area contributed by atoms with Crippen molar-refractivity contribution in [3.63, 3.8) is 0 Å². The summed E-state index contributed by atoms with van der Waals surface area (Å²) in [4.78, 5) is 2.61. The van der Waals surface area contributed by atoms with Crippen LogP contribution in [-0.4, -0.2) is 35.0 Å². The summed E-state index contributed by atoms with van der Waals surface area (Å²) in [5.74, 6) is 1.01. The third-order valence-corrected chi connectivity index (χ3v) is 6.83. The zero-order valence-corrected chi connectivity index (χ0v) is 17.1. The number of hydrogen-bond acceptors (Lipinski definition) is 5. The van der Waals surface area contributed by atoms with Gasteiger partial charge in [-0.3, -0.25) is 0 Å². The molecule has 2 unspecified atom stereocenters. The molecular formula is C21H28ClNO3S. The normalized spacial score (nSPS) is 29.8. The standard InChI is InChI=1S/C21H27NO3S.ClH/c1-13-11-16-19(26-13)10-7-14(20(16)23)12-22-17-8-9-18(21(17)24)25-15-5-3-2-4-6-15;/h2-6,11,14,17-18,20-24H,7-10,12H2,1H3;1H/t14?,17-,18-,20?,21-;/m1./s1. The highest BCUT2D eigenvalue weighted by molar-refractivity contribution is 7.12. The van der Waals surface area contributed by atoms with E-state index in [4.69, 9.17) is 4.74 Å². The number of halogens is 1. The van der Waals surface area contributed by atoms with Crippen molar-refractivity contribution in [2.75, 3.05) is 6.54 Å². The molecule has 2 aliphatic carbocycles. The predicted octanol–water partition coefficient (Wildman–Crippen LogP) is 3.63. The van der Waals surface area contributed by atoms with Crippen LogP contribution in [0.25, 0.3) is 0 Å². The van der Waals surface area contributed by atoms with Gasteiger partial charge in [-0.2, -0.15) is 0 Å². The minimum Gasteiger partial charge on any atom is -0.488 e. The maximum atomic E-state index is 10.7. The maximum Gasteiger partial charge on any atom is 0.126 e. The Balaban J connectivity index is 0.00000210. The highest BCUT2D eigenvalue weighted by atomic mass is 35.5. The van der Waals surface area contributed by atoms with Gasteiger partial charge in [0.05, 0.1) is 6.10 Å². The SMILES string of the molecule is Cc1cc2c(s1)CCC(CN[C@@H]1CC[C@@H](Oc3ccccc3)[C@@H]1O)C2O.Cl. The van der Waals surface area contributed by atoms with Crippen LogP contribution in [0.15, 0.2) is 36.4 Å². The van der Waals surface area contributed by atoms with Crippen LogP contribution in [-0.2, 0) is 6.42 Å². The van der Waals surface area contributed by atoms with Crippen molar-refractivity contribution < 1.29 is 14.9 Å². The van der Waals surface area contributed by atoms with Gasteiger partial charge in [0, 0.05) is 28.3 Å². The second-order valence-corrected chi connectivity index (χ2v) is 8.87. The fourth-order valence-corrected chi connectivity index (χ4v) is 5.33. The van der Waals surface area contributed by atoms with E-state index in [1.807, 2.05) is 30.3 Å². The fraction of sp³-hybridized carbons (Fsp3) is 0.524. The summed E-state index contributed by atoms with van der Waals surface area (Å²) in [5, 5.41) is 24.8. The van der Waals surface area contributed by atoms with Crippen LogP contribution in [0, 0.1) is 12.8 Å². The highest BCUT2D eigenvalue weighted by Gasteiger charge is 2.37. The summed E-state index contributed by atoms with van der Waals surface area (Å²) < 4.78 is 5.94. The van der Waals surface area contributed by atoms with Crippen molar-refractivity contribution in [3.05, 3.63) is 51.7 Å². The average molecular weight is 410 g/mol. The smallest absolute Gasteiger partial charge is 0.126 e. The highest BCUT2D eigenvalue weighted by Crippen LogP contribution is 2.39. The van der Waals surface area contributed by atoms with E-state index in [0.717, 1.165) is 43.5 Å². The lowest BCUT2D eigenvalue weighted by Crippen LogP contribution is -2.44. The van der Waals surface area contributed by atoms with Gasteiger partial charge >= 0.3 is 0 Å². The summed E-state index contributed by atoms with van der Waals surface area (Å²) in [6, 6.07) is 11.8. The quantitative estimate of drug-likeness (QED) is 0.705. The molecule has 4 nitrogen and oxygen atoms in total. The molecule has 2 aromatic rings. The molecule has 1 aromatic carbocycles. The number of ether oxygens (including phenoxy) is 1. The van der Waals surface area contributed by atoms with E-state index in [0.29, 0.717) is 0 Å². The van der Waals surface area contributed by atoms with Crippen LogP contribution >= 0.6 is 23.7 Å². The molecular weight excluding hydrogens is 382 g/mol. The molecule has 1 fully saturated rings. The Labute approximate surface area is 171 Å². The van der Waals surface area contributed by atoms with Crippen molar-refractivity contribution in [2.24, 2.45) is 5.92 Å². The minimum atomic E-state index is -0.519. The van der Waals surface area contributed by atoms with E-state index in [1.54, 1.807) is 11.3 Å². The lowest BCUT2D eigenvalue weighted by atomic mass is 9.85. The van der Waals surface area contributed by atoms with Gasteiger partial charge in [0.25, 0.3) is 0 Å². The van der Waals surface area contributed by atoms with Crippen molar-refractivity contribution in [3.8, 4) is 5.75 Å². The Kier molecular flexibility index (Phi) is 6.82. The van der Waals surface area contributed by atoms with E-state index >= 15 is 0 Å². The number of rotatable bonds is 5. The van der Waals surface area contributed by atoms with Crippen molar-refractivity contribution in [1.82, 2.24) is 5.32 Å². The van der Waals surface area contributed by atoms with Gasteiger partial charge < -0.3 is 20.3 Å². The van der Waals surface area contributed by atoms with Crippen LogP contribution in [0.3, 0.4) is 0 Å². The largest absolute Gasteiger partial charge is 0.488 e. The Morgan fingerprint density at radius 3 is 2.70 bits per heavy atom. The van der Waals surface area contributed by atoms with Crippen LogP contribution < -0.4 is 10.1 Å². The van der Waals surface area contributed by atoms with E-state index in [1.165, 1.54) is 9.75 Å². The molecule has 0 amide bonds. The third-order valence-electron chi connectivity index (χ3n) is 5.70. The number of hydrogen-bond donors (Lipinski definition) is 3. The van der Waals surface area contributed by atoms with Crippen LogP contribution in [0.4, 0.5) is 0 Å². The number of nitrogens with one attached hydrogen (secondary N) is 1. The molecule has 0 saturated heterocycles. The van der Waals surface area contributed by atoms with Crippen molar-refractivity contribution in [1.29, 1.82) is 0 Å². The van der Waals surface area contributed by atoms with Crippen LogP contribution in [0.1, 0.15) is 40.7 Å². The van der Waals surface area contributed by atoms with Crippen molar-refractivity contribution >= 4 is 23.7 Å².